The SMILES string of the molecule is COc1nccc(OC(C)Cc2ccccc2)c1C#N. The summed E-state index contributed by atoms with van der Waals surface area (Å²) in [5, 5.41) is 9.18. The summed E-state index contributed by atoms with van der Waals surface area (Å²) in [6.45, 7) is 1.97. The first-order chi connectivity index (χ1) is 9.74. The number of aromatic nitrogens is 1. The third-order valence-corrected chi connectivity index (χ3v) is 2.88. The van der Waals surface area contributed by atoms with Crippen molar-refractivity contribution in [3.8, 4) is 17.7 Å². The highest BCUT2D eigenvalue weighted by atomic mass is 16.5. The average molecular weight is 268 g/mol. The smallest absolute Gasteiger partial charge is 0.235 e. The van der Waals surface area contributed by atoms with Crippen LogP contribution >= 0.6 is 0 Å². The van der Waals surface area contributed by atoms with E-state index in [1.807, 2.05) is 25.1 Å². The van der Waals surface area contributed by atoms with Gasteiger partial charge in [0.2, 0.25) is 5.88 Å². The summed E-state index contributed by atoms with van der Waals surface area (Å²) in [6.07, 6.45) is 2.30. The molecule has 1 aromatic heterocycles. The minimum Gasteiger partial charge on any atom is -0.489 e. The van der Waals surface area contributed by atoms with Gasteiger partial charge in [0.25, 0.3) is 0 Å². The summed E-state index contributed by atoms with van der Waals surface area (Å²) in [4.78, 5) is 4.00. The zero-order valence-electron chi connectivity index (χ0n) is 11.5. The highest BCUT2D eigenvalue weighted by Crippen LogP contribution is 2.26. The number of nitriles is 1. The molecule has 2 rings (SSSR count). The number of nitrogens with zero attached hydrogens (tertiary/aromatic N) is 2. The van der Waals surface area contributed by atoms with Crippen molar-refractivity contribution in [1.82, 2.24) is 4.98 Å². The number of rotatable bonds is 5. The Labute approximate surface area is 118 Å². The van der Waals surface area contributed by atoms with Crippen molar-refractivity contribution in [2.24, 2.45) is 0 Å². The fourth-order valence-corrected chi connectivity index (χ4v) is 1.99. The molecule has 0 amide bonds. The lowest BCUT2D eigenvalue weighted by Crippen LogP contribution is -2.16. The van der Waals surface area contributed by atoms with E-state index in [-0.39, 0.29) is 12.0 Å². The van der Waals surface area contributed by atoms with Gasteiger partial charge in [-0.2, -0.15) is 5.26 Å². The summed E-state index contributed by atoms with van der Waals surface area (Å²) in [5.74, 6) is 0.791. The van der Waals surface area contributed by atoms with E-state index in [9.17, 15) is 5.26 Å². The van der Waals surface area contributed by atoms with Crippen LogP contribution in [0.15, 0.2) is 42.6 Å². The molecule has 4 heteroatoms. The number of hydrogen-bond donors (Lipinski definition) is 0. The molecule has 4 nitrogen and oxygen atoms in total. The van der Waals surface area contributed by atoms with E-state index >= 15 is 0 Å². The standard InChI is InChI=1S/C16H16N2O2/c1-12(10-13-6-4-3-5-7-13)20-15-8-9-18-16(19-2)14(15)11-17/h3-9,12H,10H2,1-2H3. The normalized spacial score (nSPS) is 11.4. The van der Waals surface area contributed by atoms with Crippen LogP contribution in [-0.2, 0) is 6.42 Å². The van der Waals surface area contributed by atoms with Crippen LogP contribution in [0.1, 0.15) is 18.1 Å². The van der Waals surface area contributed by atoms with Gasteiger partial charge < -0.3 is 9.47 Å². The fraction of sp³-hybridized carbons (Fsp3) is 0.250. The Morgan fingerprint density at radius 3 is 2.65 bits per heavy atom. The number of hydrogen-bond acceptors (Lipinski definition) is 4. The molecule has 102 valence electrons. The molecule has 0 spiro atoms. The van der Waals surface area contributed by atoms with E-state index in [1.54, 1.807) is 12.3 Å². The van der Waals surface area contributed by atoms with E-state index in [0.29, 0.717) is 11.3 Å². The molecule has 0 aliphatic rings. The summed E-state index contributed by atoms with van der Waals surface area (Å²) in [5.41, 5.74) is 1.52. The van der Waals surface area contributed by atoms with Gasteiger partial charge in [0.15, 0.2) is 5.56 Å². The van der Waals surface area contributed by atoms with E-state index in [4.69, 9.17) is 9.47 Å². The van der Waals surface area contributed by atoms with Crippen LogP contribution in [-0.4, -0.2) is 18.2 Å². The van der Waals surface area contributed by atoms with Crippen LogP contribution in [0.4, 0.5) is 0 Å². The van der Waals surface area contributed by atoms with Crippen molar-refractivity contribution < 1.29 is 9.47 Å². The highest BCUT2D eigenvalue weighted by Gasteiger charge is 2.14. The maximum absolute atomic E-state index is 9.18. The van der Waals surface area contributed by atoms with Crippen molar-refractivity contribution in [2.75, 3.05) is 7.11 Å². The minimum absolute atomic E-state index is 0.0448. The molecule has 1 heterocycles. The number of methoxy groups -OCH3 is 1. The lowest BCUT2D eigenvalue weighted by Gasteiger charge is -2.16. The monoisotopic (exact) mass is 268 g/mol. The van der Waals surface area contributed by atoms with Gasteiger partial charge in [-0.25, -0.2) is 4.98 Å². The molecule has 0 saturated heterocycles. The van der Waals surface area contributed by atoms with Crippen molar-refractivity contribution in [2.45, 2.75) is 19.4 Å². The molecule has 0 saturated carbocycles. The Morgan fingerprint density at radius 1 is 1.25 bits per heavy atom. The lowest BCUT2D eigenvalue weighted by atomic mass is 10.1. The molecular formula is C16H16N2O2. The van der Waals surface area contributed by atoms with Crippen molar-refractivity contribution >= 4 is 0 Å². The Hall–Kier alpha value is -2.54. The molecule has 1 unspecified atom stereocenters. The minimum atomic E-state index is -0.0448. The fourth-order valence-electron chi connectivity index (χ4n) is 1.99. The van der Waals surface area contributed by atoms with Crippen LogP contribution in [0, 0.1) is 11.3 Å². The molecule has 2 aromatic rings. The molecule has 0 aliphatic heterocycles. The second kappa shape index (κ2) is 6.58. The van der Waals surface area contributed by atoms with E-state index in [1.165, 1.54) is 12.7 Å². The molecule has 1 atom stereocenters. The second-order valence-corrected chi connectivity index (χ2v) is 4.42. The van der Waals surface area contributed by atoms with Gasteiger partial charge in [0.05, 0.1) is 13.2 Å². The molecule has 20 heavy (non-hydrogen) atoms. The molecule has 0 radical (unpaired) electrons. The van der Waals surface area contributed by atoms with Gasteiger partial charge in [-0.3, -0.25) is 0 Å². The molecule has 0 fully saturated rings. The zero-order chi connectivity index (χ0) is 14.4. The molecule has 0 bridgehead atoms. The van der Waals surface area contributed by atoms with Gasteiger partial charge in [-0.15, -0.1) is 0 Å². The Morgan fingerprint density at radius 2 is 2.00 bits per heavy atom. The third-order valence-electron chi connectivity index (χ3n) is 2.88. The van der Waals surface area contributed by atoms with E-state index < -0.39 is 0 Å². The summed E-state index contributed by atoms with van der Waals surface area (Å²) in [7, 11) is 1.49. The van der Waals surface area contributed by atoms with Crippen molar-refractivity contribution in [3.05, 3.63) is 53.7 Å². The largest absolute Gasteiger partial charge is 0.489 e. The topological polar surface area (TPSA) is 55.1 Å². The summed E-state index contributed by atoms with van der Waals surface area (Å²) >= 11 is 0. The maximum Gasteiger partial charge on any atom is 0.235 e. The highest BCUT2D eigenvalue weighted by molar-refractivity contribution is 5.49. The van der Waals surface area contributed by atoms with Crippen LogP contribution in [0.5, 0.6) is 11.6 Å². The predicted octanol–water partition coefficient (Wildman–Crippen LogP) is 2.97. The van der Waals surface area contributed by atoms with Gasteiger partial charge in [-0.1, -0.05) is 30.3 Å². The summed E-state index contributed by atoms with van der Waals surface area (Å²) < 4.78 is 10.9. The molecular weight excluding hydrogens is 252 g/mol. The average Bonchev–Trinajstić information content (AvgIpc) is 2.47. The van der Waals surface area contributed by atoms with Crippen LogP contribution in [0.3, 0.4) is 0 Å². The number of pyridine rings is 1. The first-order valence-corrected chi connectivity index (χ1v) is 6.38. The first kappa shape index (κ1) is 13.9. The van der Waals surface area contributed by atoms with Crippen LogP contribution in [0.25, 0.3) is 0 Å². The molecule has 0 aliphatic carbocycles. The number of benzene rings is 1. The second-order valence-electron chi connectivity index (χ2n) is 4.42. The van der Waals surface area contributed by atoms with Crippen molar-refractivity contribution in [1.29, 1.82) is 5.26 Å². The Balaban J connectivity index is 2.12. The molecule has 1 aromatic carbocycles. The summed E-state index contributed by atoms with van der Waals surface area (Å²) in [6, 6.07) is 13.8. The Bertz CT molecular complexity index is 606. The first-order valence-electron chi connectivity index (χ1n) is 6.38. The van der Waals surface area contributed by atoms with Gasteiger partial charge in [0, 0.05) is 18.7 Å². The van der Waals surface area contributed by atoms with Gasteiger partial charge in [-0.05, 0) is 12.5 Å². The quantitative estimate of drug-likeness (QED) is 0.836. The van der Waals surface area contributed by atoms with Gasteiger partial charge >= 0.3 is 0 Å². The predicted molar refractivity (Wildman–Crippen MR) is 75.7 cm³/mol. The van der Waals surface area contributed by atoms with Crippen molar-refractivity contribution in [3.63, 3.8) is 0 Å². The van der Waals surface area contributed by atoms with Crippen LogP contribution in [0.2, 0.25) is 0 Å². The molecule has 0 N–H and O–H groups in total. The van der Waals surface area contributed by atoms with Gasteiger partial charge in [0.1, 0.15) is 11.8 Å². The third kappa shape index (κ3) is 3.27. The zero-order valence-corrected chi connectivity index (χ0v) is 11.5. The lowest BCUT2D eigenvalue weighted by molar-refractivity contribution is 0.220. The number of ether oxygens (including phenoxy) is 2. The van der Waals surface area contributed by atoms with Crippen LogP contribution < -0.4 is 9.47 Å². The van der Waals surface area contributed by atoms with E-state index in [2.05, 4.69) is 23.2 Å². The Kier molecular flexibility index (Phi) is 4.56. The maximum atomic E-state index is 9.18. The van der Waals surface area contributed by atoms with E-state index in [0.717, 1.165) is 6.42 Å².